The van der Waals surface area contributed by atoms with Crippen molar-refractivity contribution in [1.82, 2.24) is 9.80 Å². The lowest BCUT2D eigenvalue weighted by atomic mass is 10.0. The van der Waals surface area contributed by atoms with Crippen LogP contribution in [-0.4, -0.2) is 48.6 Å². The molecular weight excluding hydrogens is 260 g/mol. The number of halogens is 2. The first-order chi connectivity index (χ1) is 9.69. The fourth-order valence-electron chi connectivity index (χ4n) is 3.10. The van der Waals surface area contributed by atoms with Crippen LogP contribution in [0.2, 0.25) is 0 Å². The second-order valence-electron chi connectivity index (χ2n) is 5.72. The molecular formula is C15H21F2N3. The molecule has 1 heterocycles. The minimum atomic E-state index is -0.406. The van der Waals surface area contributed by atoms with Gasteiger partial charge in [-0.3, -0.25) is 9.80 Å². The highest BCUT2D eigenvalue weighted by Gasteiger charge is 2.33. The molecule has 0 amide bonds. The SMILES string of the molecule is NCC(c1cc(F)ccc1F)N1CCN(C2CC2)CC1. The molecule has 0 spiro atoms. The molecule has 1 saturated carbocycles. The van der Waals surface area contributed by atoms with Gasteiger partial charge in [-0.15, -0.1) is 0 Å². The van der Waals surface area contributed by atoms with Gasteiger partial charge in [-0.2, -0.15) is 0 Å². The van der Waals surface area contributed by atoms with Gasteiger partial charge in [-0.05, 0) is 31.0 Å². The van der Waals surface area contributed by atoms with E-state index in [1.54, 1.807) is 0 Å². The molecule has 5 heteroatoms. The molecule has 1 saturated heterocycles. The highest BCUT2D eigenvalue weighted by atomic mass is 19.1. The van der Waals surface area contributed by atoms with Gasteiger partial charge in [-0.25, -0.2) is 8.78 Å². The molecule has 20 heavy (non-hydrogen) atoms. The van der Waals surface area contributed by atoms with Crippen LogP contribution in [0, 0.1) is 11.6 Å². The number of hydrogen-bond donors (Lipinski definition) is 1. The Hall–Kier alpha value is -1.04. The molecule has 2 fully saturated rings. The molecule has 2 N–H and O–H groups in total. The van der Waals surface area contributed by atoms with E-state index in [0.29, 0.717) is 12.1 Å². The molecule has 1 aliphatic heterocycles. The summed E-state index contributed by atoms with van der Waals surface area (Å²) in [6.07, 6.45) is 2.61. The van der Waals surface area contributed by atoms with Crippen LogP contribution in [0.25, 0.3) is 0 Å². The van der Waals surface area contributed by atoms with Crippen molar-refractivity contribution in [3.63, 3.8) is 0 Å². The van der Waals surface area contributed by atoms with Gasteiger partial charge in [0.25, 0.3) is 0 Å². The number of benzene rings is 1. The van der Waals surface area contributed by atoms with E-state index >= 15 is 0 Å². The van der Waals surface area contributed by atoms with Crippen LogP contribution in [0.4, 0.5) is 8.78 Å². The van der Waals surface area contributed by atoms with Crippen LogP contribution in [0.1, 0.15) is 24.4 Å². The molecule has 1 atom stereocenters. The van der Waals surface area contributed by atoms with Gasteiger partial charge in [0.15, 0.2) is 0 Å². The predicted molar refractivity (Wildman–Crippen MR) is 74.3 cm³/mol. The molecule has 110 valence electrons. The zero-order chi connectivity index (χ0) is 14.1. The van der Waals surface area contributed by atoms with Crippen LogP contribution in [0.15, 0.2) is 18.2 Å². The Morgan fingerprint density at radius 1 is 1.15 bits per heavy atom. The molecule has 1 aromatic carbocycles. The maximum Gasteiger partial charge on any atom is 0.128 e. The summed E-state index contributed by atoms with van der Waals surface area (Å²) >= 11 is 0. The maximum atomic E-state index is 13.9. The minimum absolute atomic E-state index is 0.230. The van der Waals surface area contributed by atoms with E-state index in [1.165, 1.54) is 25.0 Å². The van der Waals surface area contributed by atoms with Crippen LogP contribution in [0.3, 0.4) is 0 Å². The molecule has 3 rings (SSSR count). The zero-order valence-electron chi connectivity index (χ0n) is 11.6. The van der Waals surface area contributed by atoms with Crippen molar-refractivity contribution in [2.45, 2.75) is 24.9 Å². The Morgan fingerprint density at radius 2 is 1.85 bits per heavy atom. The van der Waals surface area contributed by atoms with E-state index in [1.807, 2.05) is 0 Å². The maximum absolute atomic E-state index is 13.9. The standard InChI is InChI=1S/C15H21F2N3/c16-11-1-4-14(17)13(9-11)15(10-18)20-7-5-19(6-8-20)12-2-3-12/h1,4,9,12,15H,2-3,5-8,10,18H2. The first-order valence-electron chi connectivity index (χ1n) is 7.32. The summed E-state index contributed by atoms with van der Waals surface area (Å²) in [5, 5.41) is 0. The van der Waals surface area contributed by atoms with Crippen LogP contribution < -0.4 is 5.73 Å². The summed E-state index contributed by atoms with van der Waals surface area (Å²) in [5.74, 6) is -0.775. The average Bonchev–Trinajstić information content (AvgIpc) is 3.29. The third kappa shape index (κ3) is 2.85. The van der Waals surface area contributed by atoms with Crippen molar-refractivity contribution in [3.05, 3.63) is 35.4 Å². The third-order valence-electron chi connectivity index (χ3n) is 4.39. The Labute approximate surface area is 118 Å². The molecule has 0 aromatic heterocycles. The van der Waals surface area contributed by atoms with Crippen LogP contribution >= 0.6 is 0 Å². The van der Waals surface area contributed by atoms with E-state index < -0.39 is 5.82 Å². The first kappa shape index (κ1) is 13.9. The van der Waals surface area contributed by atoms with E-state index in [9.17, 15) is 8.78 Å². The topological polar surface area (TPSA) is 32.5 Å². The highest BCUT2D eigenvalue weighted by Crippen LogP contribution is 2.30. The van der Waals surface area contributed by atoms with Gasteiger partial charge in [-0.1, -0.05) is 0 Å². The predicted octanol–water partition coefficient (Wildman–Crippen LogP) is 1.74. The average molecular weight is 281 g/mol. The van der Waals surface area contributed by atoms with Gasteiger partial charge in [0.05, 0.1) is 6.04 Å². The Kier molecular flexibility index (Phi) is 4.01. The summed E-state index contributed by atoms with van der Waals surface area (Å²) in [4.78, 5) is 4.67. The van der Waals surface area contributed by atoms with Gasteiger partial charge in [0.1, 0.15) is 11.6 Å². The molecule has 1 aliphatic carbocycles. The summed E-state index contributed by atoms with van der Waals surface area (Å²) < 4.78 is 27.3. The van der Waals surface area contributed by atoms with E-state index in [4.69, 9.17) is 5.73 Å². The molecule has 0 radical (unpaired) electrons. The van der Waals surface area contributed by atoms with Crippen molar-refractivity contribution in [1.29, 1.82) is 0 Å². The fourth-order valence-corrected chi connectivity index (χ4v) is 3.10. The fraction of sp³-hybridized carbons (Fsp3) is 0.600. The van der Waals surface area contributed by atoms with Crippen LogP contribution in [0.5, 0.6) is 0 Å². The zero-order valence-corrected chi connectivity index (χ0v) is 11.6. The second kappa shape index (κ2) is 5.76. The van der Waals surface area contributed by atoms with Crippen molar-refractivity contribution in [3.8, 4) is 0 Å². The number of piperazine rings is 1. The normalized spacial score (nSPS) is 22.9. The molecule has 1 aromatic rings. The van der Waals surface area contributed by atoms with Gasteiger partial charge in [0, 0.05) is 44.3 Å². The van der Waals surface area contributed by atoms with Crippen molar-refractivity contribution < 1.29 is 8.78 Å². The molecule has 0 bridgehead atoms. The van der Waals surface area contributed by atoms with Crippen molar-refractivity contribution >= 4 is 0 Å². The summed E-state index contributed by atoms with van der Waals surface area (Å²) in [5.41, 5.74) is 6.20. The van der Waals surface area contributed by atoms with Crippen molar-refractivity contribution in [2.24, 2.45) is 5.73 Å². The van der Waals surface area contributed by atoms with E-state index in [2.05, 4.69) is 9.80 Å². The monoisotopic (exact) mass is 281 g/mol. The Morgan fingerprint density at radius 3 is 2.45 bits per heavy atom. The number of rotatable bonds is 4. The first-order valence-corrected chi connectivity index (χ1v) is 7.32. The summed E-state index contributed by atoms with van der Waals surface area (Å²) in [6, 6.07) is 4.15. The van der Waals surface area contributed by atoms with Crippen LogP contribution in [-0.2, 0) is 0 Å². The molecule has 2 aliphatic rings. The number of nitrogens with zero attached hydrogens (tertiary/aromatic N) is 2. The van der Waals surface area contributed by atoms with E-state index in [0.717, 1.165) is 38.3 Å². The highest BCUT2D eigenvalue weighted by molar-refractivity contribution is 5.23. The smallest absolute Gasteiger partial charge is 0.128 e. The third-order valence-corrected chi connectivity index (χ3v) is 4.39. The quantitative estimate of drug-likeness (QED) is 0.912. The van der Waals surface area contributed by atoms with Gasteiger partial charge >= 0.3 is 0 Å². The number of hydrogen-bond acceptors (Lipinski definition) is 3. The second-order valence-corrected chi connectivity index (χ2v) is 5.72. The summed E-state index contributed by atoms with van der Waals surface area (Å²) in [7, 11) is 0. The lowest BCUT2D eigenvalue weighted by Crippen LogP contribution is -2.49. The number of nitrogens with two attached hydrogens (primary N) is 1. The molecule has 3 nitrogen and oxygen atoms in total. The van der Waals surface area contributed by atoms with Gasteiger partial charge in [0.2, 0.25) is 0 Å². The molecule has 1 unspecified atom stereocenters. The Balaban J connectivity index is 1.71. The Bertz CT molecular complexity index is 468. The lowest BCUT2D eigenvalue weighted by Gasteiger charge is -2.39. The van der Waals surface area contributed by atoms with Crippen molar-refractivity contribution in [2.75, 3.05) is 32.7 Å². The summed E-state index contributed by atoms with van der Waals surface area (Å²) in [6.45, 7) is 4.04. The largest absolute Gasteiger partial charge is 0.329 e. The van der Waals surface area contributed by atoms with E-state index in [-0.39, 0.29) is 11.9 Å². The lowest BCUT2D eigenvalue weighted by molar-refractivity contribution is 0.0923. The van der Waals surface area contributed by atoms with Gasteiger partial charge < -0.3 is 5.73 Å². The minimum Gasteiger partial charge on any atom is -0.329 e.